The molecule has 4 heterocycles. The quantitative estimate of drug-likeness (QED) is 0.804. The maximum Gasteiger partial charge on any atom is 0.252 e. The Bertz CT molecular complexity index is 824. The number of carbonyl (C=O) groups excluding carboxylic acids is 1. The molecule has 2 aliphatic rings. The molecule has 1 N–H and O–H groups in total. The maximum absolute atomic E-state index is 12.9. The number of thiophene rings is 1. The van der Waals surface area contributed by atoms with Crippen molar-refractivity contribution in [1.82, 2.24) is 20.3 Å². The number of amides is 1. The summed E-state index contributed by atoms with van der Waals surface area (Å²) < 4.78 is 5.30. The largest absolute Gasteiger partial charge is 0.361 e. The first-order chi connectivity index (χ1) is 13.5. The van der Waals surface area contributed by atoms with Crippen molar-refractivity contribution in [3.63, 3.8) is 0 Å². The van der Waals surface area contributed by atoms with E-state index in [0.29, 0.717) is 0 Å². The van der Waals surface area contributed by atoms with E-state index in [9.17, 15) is 4.79 Å². The van der Waals surface area contributed by atoms with E-state index < -0.39 is 0 Å². The third-order valence-electron chi connectivity index (χ3n) is 5.98. The number of hydrogen-bond acceptors (Lipinski definition) is 6. The van der Waals surface area contributed by atoms with Gasteiger partial charge in [0.2, 0.25) is 0 Å². The lowest BCUT2D eigenvalue weighted by atomic mass is 10.0. The van der Waals surface area contributed by atoms with Crippen LogP contribution in [0.4, 0.5) is 0 Å². The fourth-order valence-electron chi connectivity index (χ4n) is 4.39. The summed E-state index contributed by atoms with van der Waals surface area (Å²) in [7, 11) is 0. The standard InChI is InChI=1S/C21H30N4O2S/c1-4-7-24-8-5-16(10-24)22-21(26)19-13-28-20-12-25(9-6-17(19)20)11-18-14(2)23-27-15(18)3/h13,16H,4-12H2,1-3H3,(H,22,26)/t16-/m1/s1. The topological polar surface area (TPSA) is 61.6 Å². The molecule has 0 spiro atoms. The molecule has 6 nitrogen and oxygen atoms in total. The van der Waals surface area contributed by atoms with E-state index >= 15 is 0 Å². The number of nitrogens with zero attached hydrogens (tertiary/aromatic N) is 3. The fourth-order valence-corrected chi connectivity index (χ4v) is 5.51. The fraction of sp³-hybridized carbons (Fsp3) is 0.619. The van der Waals surface area contributed by atoms with E-state index in [-0.39, 0.29) is 11.9 Å². The Morgan fingerprint density at radius 2 is 2.21 bits per heavy atom. The van der Waals surface area contributed by atoms with E-state index in [0.717, 1.165) is 69.1 Å². The highest BCUT2D eigenvalue weighted by Gasteiger charge is 2.28. The lowest BCUT2D eigenvalue weighted by molar-refractivity contribution is 0.0936. The second kappa shape index (κ2) is 8.35. The predicted molar refractivity (Wildman–Crippen MR) is 111 cm³/mol. The molecular weight excluding hydrogens is 372 g/mol. The minimum absolute atomic E-state index is 0.111. The Kier molecular flexibility index (Phi) is 5.85. The van der Waals surface area contributed by atoms with Crippen LogP contribution in [-0.4, -0.2) is 53.1 Å². The van der Waals surface area contributed by atoms with Crippen molar-refractivity contribution in [2.75, 3.05) is 26.2 Å². The van der Waals surface area contributed by atoms with Gasteiger partial charge in [-0.3, -0.25) is 9.69 Å². The Morgan fingerprint density at radius 1 is 1.36 bits per heavy atom. The monoisotopic (exact) mass is 402 g/mol. The van der Waals surface area contributed by atoms with Gasteiger partial charge in [-0.2, -0.15) is 0 Å². The smallest absolute Gasteiger partial charge is 0.252 e. The summed E-state index contributed by atoms with van der Waals surface area (Å²) in [6, 6.07) is 0.286. The van der Waals surface area contributed by atoms with Crippen LogP contribution in [0.15, 0.2) is 9.90 Å². The van der Waals surface area contributed by atoms with E-state index in [1.54, 1.807) is 11.3 Å². The lowest BCUT2D eigenvalue weighted by Crippen LogP contribution is -2.38. The zero-order valence-corrected chi connectivity index (χ0v) is 17.9. The van der Waals surface area contributed by atoms with Crippen LogP contribution >= 0.6 is 11.3 Å². The lowest BCUT2D eigenvalue weighted by Gasteiger charge is -2.27. The van der Waals surface area contributed by atoms with Crippen LogP contribution in [0.1, 0.15) is 57.6 Å². The molecule has 1 amide bonds. The van der Waals surface area contributed by atoms with Gasteiger partial charge in [-0.1, -0.05) is 12.1 Å². The molecular formula is C21H30N4O2S. The summed E-state index contributed by atoms with van der Waals surface area (Å²) in [6.45, 7) is 12.1. The van der Waals surface area contributed by atoms with Crippen LogP contribution in [0, 0.1) is 13.8 Å². The van der Waals surface area contributed by atoms with Crippen LogP contribution in [0.2, 0.25) is 0 Å². The highest BCUT2D eigenvalue weighted by molar-refractivity contribution is 7.10. The third kappa shape index (κ3) is 4.02. The van der Waals surface area contributed by atoms with Gasteiger partial charge in [-0.15, -0.1) is 11.3 Å². The first kappa shape index (κ1) is 19.6. The number of likely N-dealkylation sites (tertiary alicyclic amines) is 1. The van der Waals surface area contributed by atoms with Crippen molar-refractivity contribution in [2.45, 2.75) is 59.2 Å². The molecule has 2 aliphatic heterocycles. The van der Waals surface area contributed by atoms with Gasteiger partial charge in [-0.25, -0.2) is 0 Å². The van der Waals surface area contributed by atoms with Gasteiger partial charge < -0.3 is 14.7 Å². The maximum atomic E-state index is 12.9. The number of nitrogens with one attached hydrogen (secondary N) is 1. The summed E-state index contributed by atoms with van der Waals surface area (Å²) >= 11 is 1.72. The molecule has 152 valence electrons. The van der Waals surface area contributed by atoms with E-state index in [2.05, 4.69) is 32.6 Å². The highest BCUT2D eigenvalue weighted by Crippen LogP contribution is 2.30. The Balaban J connectivity index is 1.38. The van der Waals surface area contributed by atoms with E-state index in [1.807, 2.05) is 13.8 Å². The number of rotatable bonds is 6. The molecule has 4 rings (SSSR count). The summed E-state index contributed by atoms with van der Waals surface area (Å²) in [4.78, 5) is 19.1. The molecule has 0 unspecified atom stereocenters. The molecule has 0 saturated carbocycles. The van der Waals surface area contributed by atoms with E-state index in [4.69, 9.17) is 4.52 Å². The van der Waals surface area contributed by atoms with Gasteiger partial charge in [0.1, 0.15) is 5.76 Å². The van der Waals surface area contributed by atoms with Crippen molar-refractivity contribution >= 4 is 17.2 Å². The molecule has 1 fully saturated rings. The van der Waals surface area contributed by atoms with Crippen molar-refractivity contribution in [1.29, 1.82) is 0 Å². The zero-order chi connectivity index (χ0) is 19.7. The van der Waals surface area contributed by atoms with Crippen LogP contribution < -0.4 is 5.32 Å². The molecule has 0 radical (unpaired) electrons. The van der Waals surface area contributed by atoms with Gasteiger partial charge in [-0.05, 0) is 45.2 Å². The highest BCUT2D eigenvalue weighted by atomic mass is 32.1. The molecule has 1 atom stereocenters. The summed E-state index contributed by atoms with van der Waals surface area (Å²) in [5.74, 6) is 1.02. The van der Waals surface area contributed by atoms with E-state index in [1.165, 1.54) is 22.4 Å². The number of fused-ring (bicyclic) bond motifs is 1. The first-order valence-electron chi connectivity index (χ1n) is 10.3. The zero-order valence-electron chi connectivity index (χ0n) is 17.1. The second-order valence-corrected chi connectivity index (χ2v) is 9.04. The van der Waals surface area contributed by atoms with Crippen LogP contribution in [0.25, 0.3) is 0 Å². The average molecular weight is 403 g/mol. The van der Waals surface area contributed by atoms with Crippen LogP contribution in [0.3, 0.4) is 0 Å². The predicted octanol–water partition coefficient (Wildman–Crippen LogP) is 3.13. The Labute approximate surface area is 170 Å². The first-order valence-corrected chi connectivity index (χ1v) is 11.2. The van der Waals surface area contributed by atoms with Crippen molar-refractivity contribution in [3.8, 4) is 0 Å². The van der Waals surface area contributed by atoms with Crippen LogP contribution in [0.5, 0.6) is 0 Å². The van der Waals surface area contributed by atoms with Gasteiger partial charge in [0.15, 0.2) is 0 Å². The number of hydrogen-bond donors (Lipinski definition) is 1. The van der Waals surface area contributed by atoms with Crippen molar-refractivity contribution < 1.29 is 9.32 Å². The molecule has 2 aromatic rings. The van der Waals surface area contributed by atoms with Gasteiger partial charge in [0.05, 0.1) is 11.3 Å². The molecule has 28 heavy (non-hydrogen) atoms. The van der Waals surface area contributed by atoms with Crippen molar-refractivity contribution in [3.05, 3.63) is 38.4 Å². The molecule has 0 bridgehead atoms. The minimum Gasteiger partial charge on any atom is -0.361 e. The third-order valence-corrected chi connectivity index (χ3v) is 6.99. The van der Waals surface area contributed by atoms with Crippen LogP contribution in [-0.2, 0) is 19.5 Å². The van der Waals surface area contributed by atoms with Gasteiger partial charge in [0, 0.05) is 54.6 Å². The molecule has 1 saturated heterocycles. The minimum atomic E-state index is 0.111. The second-order valence-electron chi connectivity index (χ2n) is 8.07. The average Bonchev–Trinajstić information content (AvgIpc) is 3.37. The van der Waals surface area contributed by atoms with Gasteiger partial charge in [0.25, 0.3) is 5.91 Å². The number of aromatic nitrogens is 1. The summed E-state index contributed by atoms with van der Waals surface area (Å²) in [5.41, 5.74) is 4.31. The number of carbonyl (C=O) groups is 1. The molecule has 0 aliphatic carbocycles. The summed E-state index contributed by atoms with van der Waals surface area (Å²) in [5, 5.41) is 9.39. The SMILES string of the molecule is CCCN1CC[C@@H](NC(=O)c2csc3c2CCN(Cc2c(C)noc2C)C3)C1. The molecule has 7 heteroatoms. The summed E-state index contributed by atoms with van der Waals surface area (Å²) in [6.07, 6.45) is 3.16. The molecule has 0 aromatic carbocycles. The molecule has 2 aromatic heterocycles. The van der Waals surface area contributed by atoms with Gasteiger partial charge >= 0.3 is 0 Å². The number of aryl methyl sites for hydroxylation is 2. The normalized spacial score (nSPS) is 20.5. The Hall–Kier alpha value is -1.70. The Morgan fingerprint density at radius 3 is 2.96 bits per heavy atom. The van der Waals surface area contributed by atoms with Crippen molar-refractivity contribution in [2.24, 2.45) is 0 Å².